The third-order valence-electron chi connectivity index (χ3n) is 4.43. The van der Waals surface area contributed by atoms with E-state index in [2.05, 4.69) is 21.6 Å². The Kier molecular flexibility index (Phi) is 5.68. The van der Waals surface area contributed by atoms with Gasteiger partial charge in [-0.3, -0.25) is 4.79 Å². The zero-order valence-electron chi connectivity index (χ0n) is 15.7. The molecule has 0 fully saturated rings. The molecule has 1 heterocycles. The Hall–Kier alpha value is -3.76. The number of hydrogen-bond donors (Lipinski definition) is 1. The van der Waals surface area contributed by atoms with Crippen LogP contribution in [0, 0.1) is 17.1 Å². The normalized spacial score (nSPS) is 10.5. The second kappa shape index (κ2) is 8.72. The Morgan fingerprint density at radius 3 is 2.43 bits per heavy atom. The van der Waals surface area contributed by atoms with Gasteiger partial charge in [-0.1, -0.05) is 48.2 Å². The van der Waals surface area contributed by atoms with Crippen molar-refractivity contribution in [2.75, 3.05) is 11.1 Å². The lowest BCUT2D eigenvalue weighted by molar-refractivity contribution is -0.113. The highest BCUT2D eigenvalue weighted by atomic mass is 32.2. The first-order valence-corrected chi connectivity index (χ1v) is 10.1. The van der Waals surface area contributed by atoms with E-state index in [-0.39, 0.29) is 17.5 Å². The maximum Gasteiger partial charge on any atom is 0.234 e. The van der Waals surface area contributed by atoms with Gasteiger partial charge in [0.2, 0.25) is 5.91 Å². The molecule has 0 spiro atoms. The molecule has 0 unspecified atom stereocenters. The summed E-state index contributed by atoms with van der Waals surface area (Å²) in [6.07, 6.45) is 0. The number of halogens is 1. The van der Waals surface area contributed by atoms with Crippen LogP contribution in [0.1, 0.15) is 5.56 Å². The molecule has 7 heteroatoms. The highest BCUT2D eigenvalue weighted by Crippen LogP contribution is 2.31. The maximum atomic E-state index is 13.3. The SMILES string of the molecule is N#Cc1ccccc1NC(=O)CSc1nnc(-c2ccc(F)cc2)c2ccccc12. The number of nitrogens with one attached hydrogen (secondary N) is 1. The van der Waals surface area contributed by atoms with Crippen molar-refractivity contribution in [1.29, 1.82) is 5.26 Å². The van der Waals surface area contributed by atoms with Crippen molar-refractivity contribution in [1.82, 2.24) is 10.2 Å². The van der Waals surface area contributed by atoms with Crippen LogP contribution in [0.4, 0.5) is 10.1 Å². The van der Waals surface area contributed by atoms with Crippen LogP contribution in [-0.2, 0) is 4.79 Å². The molecule has 0 atom stereocenters. The van der Waals surface area contributed by atoms with Crippen molar-refractivity contribution >= 4 is 34.1 Å². The van der Waals surface area contributed by atoms with Crippen LogP contribution in [-0.4, -0.2) is 21.9 Å². The van der Waals surface area contributed by atoms with E-state index >= 15 is 0 Å². The van der Waals surface area contributed by atoms with E-state index in [0.29, 0.717) is 22.0 Å². The molecule has 0 saturated heterocycles. The number of aromatic nitrogens is 2. The van der Waals surface area contributed by atoms with Crippen LogP contribution >= 0.6 is 11.8 Å². The summed E-state index contributed by atoms with van der Waals surface area (Å²) < 4.78 is 13.3. The summed E-state index contributed by atoms with van der Waals surface area (Å²) in [5.41, 5.74) is 2.31. The number of amides is 1. The van der Waals surface area contributed by atoms with E-state index in [9.17, 15) is 9.18 Å². The lowest BCUT2D eigenvalue weighted by Crippen LogP contribution is -2.15. The number of carbonyl (C=O) groups is 1. The van der Waals surface area contributed by atoms with Crippen molar-refractivity contribution in [2.24, 2.45) is 0 Å². The molecule has 3 aromatic carbocycles. The molecular formula is C23H15FN4OS. The monoisotopic (exact) mass is 414 g/mol. The molecule has 0 bridgehead atoms. The van der Waals surface area contributed by atoms with Gasteiger partial charge in [-0.15, -0.1) is 10.2 Å². The number of benzene rings is 3. The summed E-state index contributed by atoms with van der Waals surface area (Å²) in [6, 6.07) is 22.6. The summed E-state index contributed by atoms with van der Waals surface area (Å²) in [5, 5.41) is 22.9. The highest BCUT2D eigenvalue weighted by Gasteiger charge is 2.13. The fourth-order valence-electron chi connectivity index (χ4n) is 3.02. The number of thioether (sulfide) groups is 1. The maximum absolute atomic E-state index is 13.3. The molecule has 5 nitrogen and oxygen atoms in total. The Morgan fingerprint density at radius 2 is 1.67 bits per heavy atom. The average molecular weight is 414 g/mol. The Labute approximate surface area is 176 Å². The van der Waals surface area contributed by atoms with Crippen molar-refractivity contribution in [2.45, 2.75) is 5.03 Å². The highest BCUT2D eigenvalue weighted by molar-refractivity contribution is 8.00. The summed E-state index contributed by atoms with van der Waals surface area (Å²) in [6.45, 7) is 0. The summed E-state index contributed by atoms with van der Waals surface area (Å²) >= 11 is 1.27. The minimum atomic E-state index is -0.313. The van der Waals surface area contributed by atoms with Gasteiger partial charge in [-0.2, -0.15) is 5.26 Å². The van der Waals surface area contributed by atoms with Gasteiger partial charge in [0.1, 0.15) is 22.6 Å². The van der Waals surface area contributed by atoms with E-state index in [1.54, 1.807) is 36.4 Å². The van der Waals surface area contributed by atoms with Gasteiger partial charge in [-0.25, -0.2) is 4.39 Å². The number of nitriles is 1. The van der Waals surface area contributed by atoms with Crippen LogP contribution < -0.4 is 5.32 Å². The molecule has 146 valence electrons. The first kappa shape index (κ1) is 19.6. The van der Waals surface area contributed by atoms with Gasteiger partial charge in [-0.05, 0) is 36.4 Å². The molecule has 1 amide bonds. The standard InChI is InChI=1S/C23H15FN4OS/c24-17-11-9-15(10-12-17)22-18-6-2-3-7-19(18)23(28-27-22)30-14-21(29)26-20-8-4-1-5-16(20)13-25/h1-12H,14H2,(H,26,29). The minimum Gasteiger partial charge on any atom is -0.324 e. The second-order valence-corrected chi connectivity index (χ2v) is 7.36. The predicted molar refractivity (Wildman–Crippen MR) is 115 cm³/mol. The Balaban J connectivity index is 1.57. The van der Waals surface area contributed by atoms with Gasteiger partial charge in [0.15, 0.2) is 0 Å². The summed E-state index contributed by atoms with van der Waals surface area (Å²) in [7, 11) is 0. The summed E-state index contributed by atoms with van der Waals surface area (Å²) in [5.74, 6) is -0.433. The number of nitrogens with zero attached hydrogens (tertiary/aromatic N) is 3. The molecule has 4 aromatic rings. The molecule has 0 saturated carbocycles. The van der Waals surface area contributed by atoms with Crippen LogP contribution in [0.15, 0.2) is 77.8 Å². The lowest BCUT2D eigenvalue weighted by atomic mass is 10.1. The third-order valence-corrected chi connectivity index (χ3v) is 5.41. The molecule has 4 rings (SSSR count). The third kappa shape index (κ3) is 4.14. The number of hydrogen-bond acceptors (Lipinski definition) is 5. The fraction of sp³-hybridized carbons (Fsp3) is 0.0435. The van der Waals surface area contributed by atoms with Gasteiger partial charge >= 0.3 is 0 Å². The van der Waals surface area contributed by atoms with E-state index in [4.69, 9.17) is 5.26 Å². The van der Waals surface area contributed by atoms with Crippen molar-refractivity contribution in [3.05, 3.63) is 84.2 Å². The fourth-order valence-corrected chi connectivity index (χ4v) is 3.79. The van der Waals surface area contributed by atoms with E-state index in [1.807, 2.05) is 24.3 Å². The summed E-state index contributed by atoms with van der Waals surface area (Å²) in [4.78, 5) is 12.4. The first-order chi connectivity index (χ1) is 14.7. The zero-order valence-corrected chi connectivity index (χ0v) is 16.5. The number of para-hydroxylation sites is 1. The largest absolute Gasteiger partial charge is 0.324 e. The molecule has 1 N–H and O–H groups in total. The van der Waals surface area contributed by atoms with Crippen LogP contribution in [0.25, 0.3) is 22.0 Å². The molecule has 0 aliphatic rings. The number of carbonyl (C=O) groups excluding carboxylic acids is 1. The predicted octanol–water partition coefficient (Wildman–Crippen LogP) is 5.04. The lowest BCUT2D eigenvalue weighted by Gasteiger charge is -2.10. The first-order valence-electron chi connectivity index (χ1n) is 9.09. The zero-order chi connectivity index (χ0) is 20.9. The smallest absolute Gasteiger partial charge is 0.234 e. The minimum absolute atomic E-state index is 0.119. The Morgan fingerprint density at radius 1 is 0.967 bits per heavy atom. The number of anilines is 1. The van der Waals surface area contributed by atoms with E-state index < -0.39 is 0 Å². The average Bonchev–Trinajstić information content (AvgIpc) is 2.78. The van der Waals surface area contributed by atoms with E-state index in [0.717, 1.165) is 16.3 Å². The number of rotatable bonds is 5. The quantitative estimate of drug-likeness (QED) is 0.463. The van der Waals surface area contributed by atoms with Gasteiger partial charge < -0.3 is 5.32 Å². The molecule has 0 aliphatic heterocycles. The van der Waals surface area contributed by atoms with Gasteiger partial charge in [0, 0.05) is 16.3 Å². The molecule has 30 heavy (non-hydrogen) atoms. The van der Waals surface area contributed by atoms with Gasteiger partial charge in [0.05, 0.1) is 17.0 Å². The topological polar surface area (TPSA) is 78.7 Å². The van der Waals surface area contributed by atoms with E-state index in [1.165, 1.54) is 23.9 Å². The number of fused-ring (bicyclic) bond motifs is 1. The molecule has 0 aliphatic carbocycles. The Bertz CT molecular complexity index is 1270. The molecular weight excluding hydrogens is 399 g/mol. The van der Waals surface area contributed by atoms with Crippen LogP contribution in [0.3, 0.4) is 0 Å². The van der Waals surface area contributed by atoms with Gasteiger partial charge in [0.25, 0.3) is 0 Å². The van der Waals surface area contributed by atoms with Crippen molar-refractivity contribution in [3.63, 3.8) is 0 Å². The molecule has 1 aromatic heterocycles. The second-order valence-electron chi connectivity index (χ2n) is 6.40. The van der Waals surface area contributed by atoms with Crippen molar-refractivity contribution < 1.29 is 9.18 Å². The molecule has 0 radical (unpaired) electrons. The van der Waals surface area contributed by atoms with Crippen LogP contribution in [0.2, 0.25) is 0 Å². The van der Waals surface area contributed by atoms with Crippen molar-refractivity contribution in [3.8, 4) is 17.3 Å². The van der Waals surface area contributed by atoms with Crippen LogP contribution in [0.5, 0.6) is 0 Å².